The minimum atomic E-state index is -0.258. The zero-order chi connectivity index (χ0) is 20.4. The van der Waals surface area contributed by atoms with E-state index in [1.807, 2.05) is 39.0 Å². The third kappa shape index (κ3) is 4.35. The Kier molecular flexibility index (Phi) is 5.15. The molecule has 148 valence electrons. The van der Waals surface area contributed by atoms with Crippen LogP contribution in [0.3, 0.4) is 0 Å². The van der Waals surface area contributed by atoms with Crippen molar-refractivity contribution >= 4 is 28.7 Å². The van der Waals surface area contributed by atoms with E-state index < -0.39 is 0 Å². The van der Waals surface area contributed by atoms with Gasteiger partial charge >= 0.3 is 0 Å². The van der Waals surface area contributed by atoms with Crippen molar-refractivity contribution in [2.45, 2.75) is 42.6 Å². The minimum Gasteiger partial charge on any atom is -0.352 e. The van der Waals surface area contributed by atoms with Crippen molar-refractivity contribution in [2.24, 2.45) is 0 Å². The summed E-state index contributed by atoms with van der Waals surface area (Å²) in [4.78, 5) is 22.1. The van der Waals surface area contributed by atoms with Crippen LogP contribution in [0.5, 0.6) is 0 Å². The van der Waals surface area contributed by atoms with Crippen LogP contribution >= 0.6 is 11.8 Å². The van der Waals surface area contributed by atoms with E-state index in [1.165, 1.54) is 9.79 Å². The molecule has 0 aliphatic carbocycles. The highest BCUT2D eigenvalue weighted by molar-refractivity contribution is 7.99. The Balaban J connectivity index is 1.49. The molecule has 7 heteroatoms. The molecule has 6 nitrogen and oxygen atoms in total. The Morgan fingerprint density at radius 1 is 1.03 bits per heavy atom. The molecule has 2 aromatic heterocycles. The van der Waals surface area contributed by atoms with Crippen LogP contribution in [-0.2, 0) is 12.1 Å². The third-order valence-electron chi connectivity index (χ3n) is 4.44. The summed E-state index contributed by atoms with van der Waals surface area (Å²) in [5, 5.41) is 8.05. The zero-order valence-electron chi connectivity index (χ0n) is 16.6. The minimum absolute atomic E-state index is 0.192. The van der Waals surface area contributed by atoms with E-state index in [0.717, 1.165) is 5.56 Å². The highest BCUT2D eigenvalue weighted by atomic mass is 32.2. The summed E-state index contributed by atoms with van der Waals surface area (Å²) in [7, 11) is 0. The van der Waals surface area contributed by atoms with E-state index in [4.69, 9.17) is 0 Å². The molecule has 0 saturated heterocycles. The number of anilines is 1. The van der Waals surface area contributed by atoms with Crippen LogP contribution in [0.2, 0.25) is 0 Å². The molecule has 2 aromatic carbocycles. The Morgan fingerprint density at radius 3 is 2.41 bits per heavy atom. The second-order valence-corrected chi connectivity index (χ2v) is 8.94. The Hall–Kier alpha value is -3.06. The number of rotatable bonds is 5. The van der Waals surface area contributed by atoms with Gasteiger partial charge in [0.1, 0.15) is 5.39 Å². The van der Waals surface area contributed by atoms with Crippen LogP contribution < -0.4 is 10.9 Å². The van der Waals surface area contributed by atoms with E-state index in [9.17, 15) is 4.79 Å². The maximum absolute atomic E-state index is 12.4. The van der Waals surface area contributed by atoms with Crippen molar-refractivity contribution in [1.82, 2.24) is 19.7 Å². The fraction of sp³-hybridized carbons (Fsp3) is 0.227. The fourth-order valence-corrected chi connectivity index (χ4v) is 3.82. The average molecular weight is 406 g/mol. The first-order valence-corrected chi connectivity index (χ1v) is 10.3. The molecule has 2 heterocycles. The predicted octanol–water partition coefficient (Wildman–Crippen LogP) is 4.64. The highest BCUT2D eigenvalue weighted by Gasteiger charge is 2.19. The van der Waals surface area contributed by atoms with Crippen molar-refractivity contribution in [3.05, 3.63) is 76.7 Å². The lowest BCUT2D eigenvalue weighted by Gasteiger charge is -2.19. The summed E-state index contributed by atoms with van der Waals surface area (Å²) in [6.45, 7) is 6.66. The molecule has 0 unspecified atom stereocenters. The predicted molar refractivity (Wildman–Crippen MR) is 117 cm³/mol. The molecule has 0 amide bonds. The summed E-state index contributed by atoms with van der Waals surface area (Å²) >= 11 is 1.73. The molecule has 0 spiro atoms. The summed E-state index contributed by atoms with van der Waals surface area (Å²) < 4.78 is 1.78. The van der Waals surface area contributed by atoms with Gasteiger partial charge in [-0.1, -0.05) is 42.1 Å². The van der Waals surface area contributed by atoms with Crippen molar-refractivity contribution in [3.8, 4) is 0 Å². The van der Waals surface area contributed by atoms with Crippen molar-refractivity contribution in [3.63, 3.8) is 0 Å². The van der Waals surface area contributed by atoms with Gasteiger partial charge < -0.3 is 5.32 Å². The monoisotopic (exact) mass is 405 g/mol. The Bertz CT molecular complexity index is 1170. The summed E-state index contributed by atoms with van der Waals surface area (Å²) in [6, 6.07) is 18.6. The van der Waals surface area contributed by atoms with E-state index in [-0.39, 0.29) is 11.1 Å². The lowest BCUT2D eigenvalue weighted by molar-refractivity contribution is 0.366. The van der Waals surface area contributed by atoms with Gasteiger partial charge in [0.05, 0.1) is 11.7 Å². The maximum atomic E-state index is 12.4. The van der Waals surface area contributed by atoms with Gasteiger partial charge in [0.2, 0.25) is 5.95 Å². The average Bonchev–Trinajstić information content (AvgIpc) is 3.13. The number of fused-ring (bicyclic) bond motifs is 1. The van der Waals surface area contributed by atoms with Gasteiger partial charge in [0, 0.05) is 16.3 Å². The smallest absolute Gasteiger partial charge is 0.263 e. The molecule has 0 aliphatic heterocycles. The van der Waals surface area contributed by atoms with E-state index in [1.54, 1.807) is 22.6 Å². The number of aromatic nitrogens is 4. The van der Waals surface area contributed by atoms with Gasteiger partial charge in [-0.15, -0.1) is 0 Å². The molecule has 0 bridgehead atoms. The summed E-state index contributed by atoms with van der Waals surface area (Å²) in [5.74, 6) is 0.441. The Morgan fingerprint density at radius 2 is 1.72 bits per heavy atom. The second-order valence-electron chi connectivity index (χ2n) is 7.79. The number of H-pyrrole nitrogens is 1. The van der Waals surface area contributed by atoms with Gasteiger partial charge in [0.15, 0.2) is 5.65 Å². The first-order valence-electron chi connectivity index (χ1n) is 9.44. The van der Waals surface area contributed by atoms with Crippen LogP contribution in [0, 0.1) is 0 Å². The van der Waals surface area contributed by atoms with Crippen molar-refractivity contribution in [2.75, 3.05) is 5.32 Å². The van der Waals surface area contributed by atoms with Gasteiger partial charge in [-0.25, -0.2) is 4.68 Å². The van der Waals surface area contributed by atoms with Crippen molar-refractivity contribution in [1.29, 1.82) is 0 Å². The highest BCUT2D eigenvalue weighted by Crippen LogP contribution is 2.27. The number of aromatic amines is 1. The second kappa shape index (κ2) is 7.75. The maximum Gasteiger partial charge on any atom is 0.263 e. The topological polar surface area (TPSA) is 75.6 Å². The number of nitrogens with zero attached hydrogens (tertiary/aromatic N) is 3. The SMILES string of the molecule is CC(C)(C)n1ncc2c(=O)[nH]c(NCc3ccc(Sc4ccccc4)cc3)nc21. The molecule has 0 atom stereocenters. The van der Waals surface area contributed by atoms with E-state index in [0.29, 0.717) is 23.5 Å². The van der Waals surface area contributed by atoms with Gasteiger partial charge in [-0.3, -0.25) is 9.78 Å². The van der Waals surface area contributed by atoms with Crippen LogP contribution in [0.4, 0.5) is 5.95 Å². The number of nitrogens with one attached hydrogen (secondary N) is 2. The molecule has 0 radical (unpaired) electrons. The van der Waals surface area contributed by atoms with Crippen LogP contribution in [0.15, 0.2) is 75.4 Å². The summed E-state index contributed by atoms with van der Waals surface area (Å²) in [5.41, 5.74) is 1.24. The first kappa shape index (κ1) is 19.3. The molecule has 0 fully saturated rings. The summed E-state index contributed by atoms with van der Waals surface area (Å²) in [6.07, 6.45) is 1.57. The molecule has 29 heavy (non-hydrogen) atoms. The quantitative estimate of drug-likeness (QED) is 0.506. The number of hydrogen-bond acceptors (Lipinski definition) is 5. The normalized spacial score (nSPS) is 11.7. The van der Waals surface area contributed by atoms with E-state index >= 15 is 0 Å². The molecule has 2 N–H and O–H groups in total. The molecule has 0 saturated carbocycles. The van der Waals surface area contributed by atoms with Crippen LogP contribution in [-0.4, -0.2) is 19.7 Å². The van der Waals surface area contributed by atoms with Crippen LogP contribution in [0.25, 0.3) is 11.0 Å². The Labute approximate surface area is 173 Å². The van der Waals surface area contributed by atoms with Gasteiger partial charge in [-0.2, -0.15) is 10.1 Å². The fourth-order valence-electron chi connectivity index (χ4n) is 2.98. The van der Waals surface area contributed by atoms with E-state index in [2.05, 4.69) is 56.8 Å². The van der Waals surface area contributed by atoms with Crippen molar-refractivity contribution < 1.29 is 0 Å². The van der Waals surface area contributed by atoms with Crippen LogP contribution in [0.1, 0.15) is 26.3 Å². The zero-order valence-corrected chi connectivity index (χ0v) is 17.5. The first-order chi connectivity index (χ1) is 13.9. The number of benzene rings is 2. The molecular weight excluding hydrogens is 382 g/mol. The molecule has 0 aliphatic rings. The lowest BCUT2D eigenvalue weighted by atomic mass is 10.1. The molecule has 4 rings (SSSR count). The van der Waals surface area contributed by atoms with Gasteiger partial charge in [-0.05, 0) is 50.6 Å². The molecular formula is C22H23N5OS. The number of hydrogen-bond donors (Lipinski definition) is 2. The van der Waals surface area contributed by atoms with Gasteiger partial charge in [0.25, 0.3) is 5.56 Å². The largest absolute Gasteiger partial charge is 0.352 e. The molecule has 4 aromatic rings. The lowest BCUT2D eigenvalue weighted by Crippen LogP contribution is -2.24. The standard InChI is InChI=1S/C22H23N5OS/c1-22(2,3)27-19-18(14-24-27)20(28)26-21(25-19)23-13-15-9-11-17(12-10-15)29-16-7-5-4-6-8-16/h4-12,14H,13H2,1-3H3,(H2,23,25,26,28). The third-order valence-corrected chi connectivity index (χ3v) is 5.45.